The monoisotopic (exact) mass is 492 g/mol. The van der Waals surface area contributed by atoms with Gasteiger partial charge in [-0.2, -0.15) is 0 Å². The molecule has 2 bridgehead atoms. The average molecular weight is 493 g/mol. The minimum atomic E-state index is -0.132. The first-order chi connectivity index (χ1) is 17.5. The summed E-state index contributed by atoms with van der Waals surface area (Å²) in [7, 11) is 0. The highest BCUT2D eigenvalue weighted by Crippen LogP contribution is 2.45. The molecule has 4 aliphatic heterocycles. The second-order valence-corrected chi connectivity index (χ2v) is 11.1. The third kappa shape index (κ3) is 3.90. The topological polar surface area (TPSA) is 79.1 Å². The summed E-state index contributed by atoms with van der Waals surface area (Å²) in [5.41, 5.74) is 3.84. The predicted molar refractivity (Wildman–Crippen MR) is 134 cm³/mol. The summed E-state index contributed by atoms with van der Waals surface area (Å²) < 4.78 is 10.4. The maximum absolute atomic E-state index is 13.4. The number of benzene rings is 1. The molecule has 0 saturated carbocycles. The highest BCUT2D eigenvalue weighted by atomic mass is 16.6. The molecule has 6 rings (SSSR count). The Hall–Kier alpha value is -2.87. The lowest BCUT2D eigenvalue weighted by molar-refractivity contribution is 0.0192. The largest absolute Gasteiger partial charge is 0.450 e. The molecule has 4 aliphatic rings. The number of likely N-dealkylation sites (tertiary alicyclic amines) is 1. The van der Waals surface area contributed by atoms with Crippen molar-refractivity contribution in [3.05, 3.63) is 52.9 Å². The van der Waals surface area contributed by atoms with Crippen molar-refractivity contribution < 1.29 is 18.8 Å². The zero-order valence-corrected chi connectivity index (χ0v) is 21.3. The Morgan fingerprint density at radius 1 is 1.11 bits per heavy atom. The van der Waals surface area contributed by atoms with E-state index in [-0.39, 0.29) is 17.4 Å². The fourth-order valence-electron chi connectivity index (χ4n) is 7.39. The third-order valence-electron chi connectivity index (χ3n) is 9.17. The summed E-state index contributed by atoms with van der Waals surface area (Å²) in [6.07, 6.45) is 7.66. The van der Waals surface area contributed by atoms with E-state index >= 15 is 0 Å². The van der Waals surface area contributed by atoms with E-state index in [9.17, 15) is 9.59 Å². The molecule has 2 unspecified atom stereocenters. The van der Waals surface area contributed by atoms with Gasteiger partial charge in [0.1, 0.15) is 11.8 Å². The minimum Gasteiger partial charge on any atom is -0.450 e. The number of amides is 2. The van der Waals surface area contributed by atoms with Crippen molar-refractivity contribution in [3.63, 3.8) is 0 Å². The first kappa shape index (κ1) is 23.5. The van der Waals surface area contributed by atoms with Crippen molar-refractivity contribution in [2.24, 2.45) is 0 Å². The summed E-state index contributed by atoms with van der Waals surface area (Å²) >= 11 is 0. The van der Waals surface area contributed by atoms with Gasteiger partial charge in [-0.3, -0.25) is 4.79 Å². The van der Waals surface area contributed by atoms with Crippen LogP contribution in [0.2, 0.25) is 0 Å². The number of nitrogens with zero attached hydrogens (tertiary/aromatic N) is 4. The Balaban J connectivity index is 1.18. The fraction of sp³-hybridized carbons (Fsp3) is 0.607. The van der Waals surface area contributed by atoms with Crippen LogP contribution in [0.3, 0.4) is 0 Å². The molecule has 2 atom stereocenters. The minimum absolute atomic E-state index is 0.00738. The van der Waals surface area contributed by atoms with Gasteiger partial charge in [-0.15, -0.1) is 0 Å². The molecule has 192 valence electrons. The highest BCUT2D eigenvalue weighted by molar-refractivity contribution is 5.95. The summed E-state index contributed by atoms with van der Waals surface area (Å²) in [6, 6.07) is 9.78. The molecule has 0 N–H and O–H groups in total. The lowest BCUT2D eigenvalue weighted by atomic mass is 9.68. The number of hydrogen-bond donors (Lipinski definition) is 0. The number of fused-ring (bicyclic) bond motifs is 4. The molecule has 2 aromatic rings. The van der Waals surface area contributed by atoms with Crippen molar-refractivity contribution >= 4 is 12.0 Å². The normalized spacial score (nSPS) is 27.2. The van der Waals surface area contributed by atoms with Gasteiger partial charge in [-0.25, -0.2) is 4.79 Å². The Kier molecular flexibility index (Phi) is 6.02. The standard InChI is InChI=1S/C28H36N4O4/c1-3-35-27(34)32-21-8-9-22(32)15-23(14-21)30-12-10-28(11-13-30)18-31(16-20-6-4-5-7-25(20)28)26(33)24-17-36-29-19(24)2/h4-7,17,21-23H,3,8-16,18H2,1-2H3. The molecule has 0 radical (unpaired) electrons. The van der Waals surface area contributed by atoms with Crippen LogP contribution in [0.4, 0.5) is 4.79 Å². The Bertz CT molecular complexity index is 1120. The lowest BCUT2D eigenvalue weighted by Gasteiger charge is -2.51. The molecule has 3 fully saturated rings. The van der Waals surface area contributed by atoms with Gasteiger partial charge in [0.2, 0.25) is 0 Å². The van der Waals surface area contributed by atoms with Gasteiger partial charge in [-0.1, -0.05) is 29.4 Å². The van der Waals surface area contributed by atoms with Crippen LogP contribution in [0.25, 0.3) is 0 Å². The molecule has 2 amide bonds. The Morgan fingerprint density at radius 3 is 2.50 bits per heavy atom. The van der Waals surface area contributed by atoms with E-state index in [1.165, 1.54) is 17.4 Å². The zero-order valence-electron chi connectivity index (χ0n) is 21.3. The smallest absolute Gasteiger partial charge is 0.410 e. The van der Waals surface area contributed by atoms with Crippen molar-refractivity contribution in [1.29, 1.82) is 0 Å². The first-order valence-electron chi connectivity index (χ1n) is 13.5. The van der Waals surface area contributed by atoms with Gasteiger partial charge in [0, 0.05) is 36.6 Å². The van der Waals surface area contributed by atoms with Gasteiger partial charge in [0.25, 0.3) is 5.91 Å². The molecule has 1 spiro atoms. The number of carbonyl (C=O) groups excluding carboxylic acids is 2. The number of hydrogen-bond acceptors (Lipinski definition) is 6. The Labute approximate surface area is 212 Å². The maximum Gasteiger partial charge on any atom is 0.410 e. The number of aryl methyl sites for hydroxylation is 1. The molecule has 1 aromatic carbocycles. The molecule has 1 aromatic heterocycles. The predicted octanol–water partition coefficient (Wildman–Crippen LogP) is 4.12. The van der Waals surface area contributed by atoms with Gasteiger partial charge in [0.15, 0.2) is 0 Å². The first-order valence-corrected chi connectivity index (χ1v) is 13.5. The van der Waals surface area contributed by atoms with Crippen LogP contribution in [-0.2, 0) is 16.7 Å². The van der Waals surface area contributed by atoms with Crippen LogP contribution in [0.5, 0.6) is 0 Å². The van der Waals surface area contributed by atoms with Crippen molar-refractivity contribution in [2.75, 3.05) is 26.2 Å². The lowest BCUT2D eigenvalue weighted by Crippen LogP contribution is -2.57. The van der Waals surface area contributed by atoms with Crippen LogP contribution >= 0.6 is 0 Å². The number of ether oxygens (including phenoxy) is 1. The Morgan fingerprint density at radius 2 is 1.83 bits per heavy atom. The molecule has 0 aliphatic carbocycles. The zero-order chi connectivity index (χ0) is 24.9. The van der Waals surface area contributed by atoms with Crippen molar-refractivity contribution in [3.8, 4) is 0 Å². The van der Waals surface area contributed by atoms with Crippen LogP contribution in [-0.4, -0.2) is 76.2 Å². The summed E-state index contributed by atoms with van der Waals surface area (Å²) in [5.74, 6) is 0.00738. The van der Waals surface area contributed by atoms with E-state index in [0.717, 1.165) is 58.2 Å². The van der Waals surface area contributed by atoms with Crippen LogP contribution in [0.1, 0.15) is 72.6 Å². The van der Waals surface area contributed by atoms with Crippen LogP contribution < -0.4 is 0 Å². The molecule has 3 saturated heterocycles. The van der Waals surface area contributed by atoms with Gasteiger partial charge < -0.3 is 24.0 Å². The second kappa shape index (κ2) is 9.21. The SMILES string of the molecule is CCOC(=O)N1C2CCC1CC(N1CCC3(CC1)CN(C(=O)c1conc1C)Cc1ccccc13)C2. The molecule has 8 heteroatoms. The number of rotatable bonds is 3. The maximum atomic E-state index is 13.4. The van der Waals surface area contributed by atoms with E-state index in [4.69, 9.17) is 9.26 Å². The van der Waals surface area contributed by atoms with Gasteiger partial charge in [0.05, 0.1) is 12.3 Å². The highest BCUT2D eigenvalue weighted by Gasteiger charge is 2.48. The van der Waals surface area contributed by atoms with E-state index in [2.05, 4.69) is 34.3 Å². The van der Waals surface area contributed by atoms with E-state index < -0.39 is 0 Å². The molecule has 8 nitrogen and oxygen atoms in total. The molecular weight excluding hydrogens is 456 g/mol. The third-order valence-corrected chi connectivity index (χ3v) is 9.17. The fourth-order valence-corrected chi connectivity index (χ4v) is 7.39. The van der Waals surface area contributed by atoms with E-state index in [0.29, 0.717) is 42.5 Å². The average Bonchev–Trinajstić information content (AvgIpc) is 3.43. The second-order valence-electron chi connectivity index (χ2n) is 11.1. The summed E-state index contributed by atoms with van der Waals surface area (Å²) in [4.78, 5) is 32.6. The molecule has 5 heterocycles. The van der Waals surface area contributed by atoms with Gasteiger partial charge >= 0.3 is 6.09 Å². The van der Waals surface area contributed by atoms with Crippen LogP contribution in [0.15, 0.2) is 35.1 Å². The number of carbonyl (C=O) groups is 2. The number of piperidine rings is 2. The number of aromatic nitrogens is 1. The van der Waals surface area contributed by atoms with E-state index in [1.807, 2.05) is 23.6 Å². The molecule has 36 heavy (non-hydrogen) atoms. The summed E-state index contributed by atoms with van der Waals surface area (Å²) in [5, 5.41) is 3.92. The van der Waals surface area contributed by atoms with Crippen LogP contribution in [0, 0.1) is 6.92 Å². The van der Waals surface area contributed by atoms with Gasteiger partial charge in [-0.05, 0) is 76.6 Å². The van der Waals surface area contributed by atoms with E-state index in [1.54, 1.807) is 0 Å². The van der Waals surface area contributed by atoms with Crippen molar-refractivity contribution in [2.45, 2.75) is 82.5 Å². The quantitative estimate of drug-likeness (QED) is 0.641. The summed E-state index contributed by atoms with van der Waals surface area (Å²) in [6.45, 7) is 7.53. The molecular formula is C28H36N4O4. The van der Waals surface area contributed by atoms with Crippen molar-refractivity contribution in [1.82, 2.24) is 19.9 Å².